The maximum Gasteiger partial charge on any atom is 0.289 e. The van der Waals surface area contributed by atoms with Gasteiger partial charge in [0, 0.05) is 25.0 Å². The average Bonchev–Trinajstić information content (AvgIpc) is 3.33. The SMILES string of the molecule is CCCCCN(Cc1cccn1Cc1cccc(C)c1)C(=O)c1ccco1. The Morgan fingerprint density at radius 2 is 2.00 bits per heavy atom. The van der Waals surface area contributed by atoms with E-state index in [1.165, 1.54) is 11.1 Å². The summed E-state index contributed by atoms with van der Waals surface area (Å²) >= 11 is 0. The second-order valence-electron chi connectivity index (χ2n) is 7.03. The normalized spacial score (nSPS) is 10.9. The lowest BCUT2D eigenvalue weighted by Gasteiger charge is -2.23. The Balaban J connectivity index is 1.75. The van der Waals surface area contributed by atoms with Crippen molar-refractivity contribution < 1.29 is 9.21 Å². The second kappa shape index (κ2) is 9.26. The van der Waals surface area contributed by atoms with E-state index >= 15 is 0 Å². The van der Waals surface area contributed by atoms with Gasteiger partial charge >= 0.3 is 0 Å². The zero-order valence-corrected chi connectivity index (χ0v) is 16.2. The summed E-state index contributed by atoms with van der Waals surface area (Å²) in [5.41, 5.74) is 3.66. The summed E-state index contributed by atoms with van der Waals surface area (Å²) < 4.78 is 7.56. The smallest absolute Gasteiger partial charge is 0.289 e. The van der Waals surface area contributed by atoms with Crippen LogP contribution in [-0.2, 0) is 13.1 Å². The van der Waals surface area contributed by atoms with Gasteiger partial charge in [-0.25, -0.2) is 0 Å². The lowest BCUT2D eigenvalue weighted by molar-refractivity contribution is 0.0704. The third kappa shape index (κ3) is 5.13. The number of hydrogen-bond acceptors (Lipinski definition) is 2. The summed E-state index contributed by atoms with van der Waals surface area (Å²) in [4.78, 5) is 14.8. The molecule has 0 aliphatic rings. The number of aromatic nitrogens is 1. The number of hydrogen-bond donors (Lipinski definition) is 0. The number of carbonyl (C=O) groups excluding carboxylic acids is 1. The first kappa shape index (κ1) is 19.0. The van der Waals surface area contributed by atoms with Crippen LogP contribution in [0.3, 0.4) is 0 Å². The highest BCUT2D eigenvalue weighted by Gasteiger charge is 2.19. The number of nitrogens with zero attached hydrogens (tertiary/aromatic N) is 2. The first-order valence-electron chi connectivity index (χ1n) is 9.69. The Labute approximate surface area is 161 Å². The van der Waals surface area contributed by atoms with Crippen LogP contribution in [0.4, 0.5) is 0 Å². The van der Waals surface area contributed by atoms with E-state index in [-0.39, 0.29) is 5.91 Å². The van der Waals surface area contributed by atoms with Crippen molar-refractivity contribution in [3.05, 3.63) is 83.6 Å². The van der Waals surface area contributed by atoms with E-state index in [0.29, 0.717) is 12.3 Å². The lowest BCUT2D eigenvalue weighted by atomic mass is 10.1. The Morgan fingerprint density at radius 1 is 1.11 bits per heavy atom. The Hall–Kier alpha value is -2.75. The highest BCUT2D eigenvalue weighted by atomic mass is 16.3. The first-order chi connectivity index (χ1) is 13.2. The molecule has 0 fully saturated rings. The van der Waals surface area contributed by atoms with Crippen LogP contribution in [0.15, 0.2) is 65.4 Å². The number of furan rings is 1. The largest absolute Gasteiger partial charge is 0.459 e. The highest BCUT2D eigenvalue weighted by Crippen LogP contribution is 2.15. The van der Waals surface area contributed by atoms with Crippen molar-refractivity contribution in [2.45, 2.75) is 46.2 Å². The molecule has 2 aromatic heterocycles. The number of unbranched alkanes of at least 4 members (excludes halogenated alkanes) is 2. The molecule has 27 heavy (non-hydrogen) atoms. The molecule has 0 aliphatic carbocycles. The van der Waals surface area contributed by atoms with Crippen LogP contribution in [0.5, 0.6) is 0 Å². The number of amides is 1. The van der Waals surface area contributed by atoms with Crippen molar-refractivity contribution in [3.8, 4) is 0 Å². The van der Waals surface area contributed by atoms with Crippen molar-refractivity contribution >= 4 is 5.91 Å². The molecule has 4 nitrogen and oxygen atoms in total. The molecule has 0 N–H and O–H groups in total. The number of benzene rings is 1. The zero-order chi connectivity index (χ0) is 19.1. The molecule has 2 heterocycles. The van der Waals surface area contributed by atoms with Crippen molar-refractivity contribution in [1.29, 1.82) is 0 Å². The van der Waals surface area contributed by atoms with E-state index < -0.39 is 0 Å². The zero-order valence-electron chi connectivity index (χ0n) is 16.2. The molecular weight excluding hydrogens is 336 g/mol. The molecule has 1 aromatic carbocycles. The topological polar surface area (TPSA) is 38.4 Å². The molecule has 0 aliphatic heterocycles. The van der Waals surface area contributed by atoms with Crippen molar-refractivity contribution in [1.82, 2.24) is 9.47 Å². The highest BCUT2D eigenvalue weighted by molar-refractivity contribution is 5.91. The van der Waals surface area contributed by atoms with Gasteiger partial charge in [0.25, 0.3) is 5.91 Å². The average molecular weight is 364 g/mol. The number of aryl methyl sites for hydroxylation is 1. The fraction of sp³-hybridized carbons (Fsp3) is 0.348. The van der Waals surface area contributed by atoms with E-state index in [1.807, 2.05) is 11.0 Å². The van der Waals surface area contributed by atoms with Gasteiger partial charge < -0.3 is 13.9 Å². The molecule has 4 heteroatoms. The summed E-state index contributed by atoms with van der Waals surface area (Å²) in [6, 6.07) is 16.2. The standard InChI is InChI=1S/C23H28N2O2/c1-3-4-5-13-25(23(26)22-12-8-15-27-22)18-21-11-7-14-24(21)17-20-10-6-9-19(2)16-20/h6-12,14-16H,3-5,13,17-18H2,1-2H3. The van der Waals surface area contributed by atoms with Crippen LogP contribution >= 0.6 is 0 Å². The van der Waals surface area contributed by atoms with Gasteiger partial charge in [0.2, 0.25) is 0 Å². The first-order valence-corrected chi connectivity index (χ1v) is 9.69. The molecular formula is C23H28N2O2. The Morgan fingerprint density at radius 3 is 2.74 bits per heavy atom. The molecule has 142 valence electrons. The Bertz CT molecular complexity index is 849. The fourth-order valence-electron chi connectivity index (χ4n) is 3.31. The molecule has 3 aromatic rings. The molecule has 0 saturated carbocycles. The summed E-state index contributed by atoms with van der Waals surface area (Å²) in [5.74, 6) is 0.364. The van der Waals surface area contributed by atoms with Crippen LogP contribution in [-0.4, -0.2) is 21.9 Å². The van der Waals surface area contributed by atoms with Crippen LogP contribution in [0.1, 0.15) is 53.6 Å². The fourth-order valence-corrected chi connectivity index (χ4v) is 3.31. The Kier molecular flexibility index (Phi) is 6.53. The van der Waals surface area contributed by atoms with Crippen molar-refractivity contribution in [3.63, 3.8) is 0 Å². The third-order valence-corrected chi connectivity index (χ3v) is 4.76. The maximum absolute atomic E-state index is 12.9. The minimum atomic E-state index is -0.0422. The van der Waals surface area contributed by atoms with Crippen LogP contribution in [0.25, 0.3) is 0 Å². The van der Waals surface area contributed by atoms with Gasteiger partial charge in [-0.15, -0.1) is 0 Å². The minimum absolute atomic E-state index is 0.0422. The molecule has 0 spiro atoms. The molecule has 0 radical (unpaired) electrons. The van der Waals surface area contributed by atoms with Crippen LogP contribution < -0.4 is 0 Å². The van der Waals surface area contributed by atoms with Crippen molar-refractivity contribution in [2.24, 2.45) is 0 Å². The molecule has 0 unspecified atom stereocenters. The lowest BCUT2D eigenvalue weighted by Crippen LogP contribution is -2.32. The van der Waals surface area contributed by atoms with Crippen molar-refractivity contribution in [2.75, 3.05) is 6.54 Å². The summed E-state index contributed by atoms with van der Waals surface area (Å²) in [7, 11) is 0. The van der Waals surface area contributed by atoms with Gasteiger partial charge in [-0.05, 0) is 43.2 Å². The van der Waals surface area contributed by atoms with Gasteiger partial charge in [0.1, 0.15) is 0 Å². The van der Waals surface area contributed by atoms with E-state index in [1.54, 1.807) is 18.4 Å². The van der Waals surface area contributed by atoms with Gasteiger partial charge in [0.15, 0.2) is 5.76 Å². The number of rotatable bonds is 9. The van der Waals surface area contributed by atoms with Gasteiger partial charge in [0.05, 0.1) is 12.8 Å². The minimum Gasteiger partial charge on any atom is -0.459 e. The number of carbonyl (C=O) groups is 1. The van der Waals surface area contributed by atoms with E-state index in [2.05, 4.69) is 54.9 Å². The maximum atomic E-state index is 12.9. The predicted octanol–water partition coefficient (Wildman–Crippen LogP) is 5.27. The van der Waals surface area contributed by atoms with Crippen LogP contribution in [0.2, 0.25) is 0 Å². The van der Waals surface area contributed by atoms with Gasteiger partial charge in [-0.1, -0.05) is 49.6 Å². The molecule has 0 bridgehead atoms. The molecule has 0 atom stereocenters. The predicted molar refractivity (Wildman–Crippen MR) is 108 cm³/mol. The second-order valence-corrected chi connectivity index (χ2v) is 7.03. The van der Waals surface area contributed by atoms with Gasteiger partial charge in [-0.2, -0.15) is 0 Å². The summed E-state index contributed by atoms with van der Waals surface area (Å²) in [6.07, 6.45) is 6.89. The monoisotopic (exact) mass is 364 g/mol. The molecule has 3 rings (SSSR count). The third-order valence-electron chi connectivity index (χ3n) is 4.76. The van der Waals surface area contributed by atoms with E-state index in [9.17, 15) is 4.79 Å². The summed E-state index contributed by atoms with van der Waals surface area (Å²) in [6.45, 7) is 6.41. The summed E-state index contributed by atoms with van der Waals surface area (Å²) in [5, 5.41) is 0. The van der Waals surface area contributed by atoms with E-state index in [4.69, 9.17) is 4.42 Å². The quantitative estimate of drug-likeness (QED) is 0.485. The molecule has 1 amide bonds. The van der Waals surface area contributed by atoms with Crippen LogP contribution in [0, 0.1) is 6.92 Å². The van der Waals surface area contributed by atoms with Gasteiger partial charge in [-0.3, -0.25) is 4.79 Å². The molecule has 0 saturated heterocycles. The van der Waals surface area contributed by atoms with E-state index in [0.717, 1.165) is 38.0 Å².